The molecule has 1 aliphatic carbocycles. The third-order valence-electron chi connectivity index (χ3n) is 15.8. The number of nitrogens with one attached hydrogen (secondary N) is 3. The molecular weight excluding hydrogens is 885 g/mol. The molecule has 68 heavy (non-hydrogen) atoms. The summed E-state index contributed by atoms with van der Waals surface area (Å²) in [5.41, 5.74) is 5.85. The number of likely N-dealkylation sites (tertiary alicyclic amines) is 1. The van der Waals surface area contributed by atoms with E-state index in [-0.39, 0.29) is 29.2 Å². The number of benzene rings is 3. The Morgan fingerprint density at radius 2 is 1.75 bits per heavy atom. The van der Waals surface area contributed by atoms with Crippen LogP contribution < -0.4 is 24.6 Å². The third kappa shape index (κ3) is 8.66. The largest absolute Gasteiger partial charge is 0.472 e. The van der Waals surface area contributed by atoms with Gasteiger partial charge in [0.1, 0.15) is 23.1 Å². The minimum Gasteiger partial charge on any atom is -0.472 e. The average molecular weight is 945 g/mol. The van der Waals surface area contributed by atoms with Gasteiger partial charge in [-0.3, -0.25) is 19.8 Å². The fourth-order valence-corrected chi connectivity index (χ4v) is 12.9. The van der Waals surface area contributed by atoms with Gasteiger partial charge in [0, 0.05) is 87.2 Å². The van der Waals surface area contributed by atoms with Gasteiger partial charge in [0.25, 0.3) is 21.6 Å². The van der Waals surface area contributed by atoms with Crippen LogP contribution in [0.15, 0.2) is 83.9 Å². The van der Waals surface area contributed by atoms with Crippen LogP contribution in [0.2, 0.25) is 0 Å². The number of aromatic amines is 1. The average Bonchev–Trinajstić information content (AvgIpc) is 3.98. The lowest BCUT2D eigenvalue weighted by Gasteiger charge is -2.56. The number of H-pyrrole nitrogens is 1. The zero-order valence-electron chi connectivity index (χ0n) is 38.5. The number of aromatic nitrogens is 2. The van der Waals surface area contributed by atoms with Crippen LogP contribution in [0.5, 0.6) is 5.88 Å². The summed E-state index contributed by atoms with van der Waals surface area (Å²) >= 11 is 0. The summed E-state index contributed by atoms with van der Waals surface area (Å²) in [5.74, 6) is -0.255. The molecule has 17 heteroatoms. The molecule has 0 unspecified atom stereocenters. The number of nitro benzene ring substituents is 1. The molecule has 1 amide bonds. The number of fused-ring (bicyclic) bond motifs is 3. The summed E-state index contributed by atoms with van der Waals surface area (Å²) in [6.45, 7) is 8.27. The van der Waals surface area contributed by atoms with Crippen molar-refractivity contribution < 1.29 is 32.3 Å². The molecule has 16 nitrogen and oxygen atoms in total. The molecule has 4 saturated heterocycles. The first kappa shape index (κ1) is 44.7. The van der Waals surface area contributed by atoms with Gasteiger partial charge >= 0.3 is 0 Å². The number of aryl methyl sites for hydroxylation is 1. The van der Waals surface area contributed by atoms with E-state index >= 15 is 0 Å². The predicted molar refractivity (Wildman–Crippen MR) is 259 cm³/mol. The summed E-state index contributed by atoms with van der Waals surface area (Å²) in [6, 6.07) is 23.2. The molecule has 0 radical (unpaired) electrons. The number of nitrogens with zero attached hydrogens (tertiary/aromatic N) is 5. The number of rotatable bonds is 11. The Balaban J connectivity index is 0.879. The van der Waals surface area contributed by atoms with Crippen molar-refractivity contribution in [2.24, 2.45) is 17.3 Å². The van der Waals surface area contributed by atoms with Gasteiger partial charge in [0.2, 0.25) is 5.88 Å². The maximum atomic E-state index is 14.6. The van der Waals surface area contributed by atoms with E-state index in [0.717, 1.165) is 62.5 Å². The van der Waals surface area contributed by atoms with Crippen molar-refractivity contribution in [3.63, 3.8) is 0 Å². The Hall–Kier alpha value is -5.75. The summed E-state index contributed by atoms with van der Waals surface area (Å²) in [7, 11) is -4.59. The van der Waals surface area contributed by atoms with Gasteiger partial charge in [0.05, 0.1) is 34.3 Å². The highest BCUT2D eigenvalue weighted by atomic mass is 32.2. The Labute approximate surface area is 396 Å². The zero-order valence-corrected chi connectivity index (χ0v) is 39.3. The highest BCUT2D eigenvalue weighted by molar-refractivity contribution is 7.90. The predicted octanol–water partition coefficient (Wildman–Crippen LogP) is 8.26. The fourth-order valence-electron chi connectivity index (χ4n) is 11.9. The van der Waals surface area contributed by atoms with Gasteiger partial charge in [-0.1, -0.05) is 24.3 Å². The van der Waals surface area contributed by atoms with E-state index in [4.69, 9.17) is 19.2 Å². The Morgan fingerprint density at radius 3 is 2.56 bits per heavy atom. The molecule has 358 valence electrons. The maximum absolute atomic E-state index is 14.6. The molecule has 6 aliphatic rings. The first-order valence-electron chi connectivity index (χ1n) is 24.4. The van der Waals surface area contributed by atoms with Crippen LogP contribution in [-0.4, -0.2) is 105 Å². The van der Waals surface area contributed by atoms with Crippen LogP contribution in [0, 0.1) is 34.3 Å². The van der Waals surface area contributed by atoms with E-state index in [0.29, 0.717) is 86.3 Å². The van der Waals surface area contributed by atoms with Crippen molar-refractivity contribution in [1.29, 1.82) is 0 Å². The first-order chi connectivity index (χ1) is 33.0. The Morgan fingerprint density at radius 1 is 0.941 bits per heavy atom. The molecular formula is C51H60N8O8S. The molecule has 1 saturated carbocycles. The zero-order chi connectivity index (χ0) is 46.6. The van der Waals surface area contributed by atoms with E-state index in [1.165, 1.54) is 48.9 Å². The first-order valence-corrected chi connectivity index (χ1v) is 25.9. The Kier molecular flexibility index (Phi) is 12.0. The van der Waals surface area contributed by atoms with Gasteiger partial charge in [-0.05, 0) is 130 Å². The van der Waals surface area contributed by atoms with Crippen LogP contribution in [0.3, 0.4) is 0 Å². The lowest BCUT2D eigenvalue weighted by Crippen LogP contribution is -2.54. The number of amides is 1. The van der Waals surface area contributed by atoms with Crippen LogP contribution >= 0.6 is 0 Å². The summed E-state index contributed by atoms with van der Waals surface area (Å²) < 4.78 is 48.6. The van der Waals surface area contributed by atoms with Crippen LogP contribution in [0.25, 0.3) is 11.0 Å². The molecule has 3 atom stereocenters. The maximum Gasteiger partial charge on any atom is 0.293 e. The molecule has 3 aromatic carbocycles. The minimum absolute atomic E-state index is 0.0823. The molecule has 0 bridgehead atoms. The number of anilines is 4. The van der Waals surface area contributed by atoms with E-state index < -0.39 is 31.4 Å². The summed E-state index contributed by atoms with van der Waals surface area (Å²) in [6.07, 6.45) is 10.9. The van der Waals surface area contributed by atoms with Gasteiger partial charge < -0.3 is 34.3 Å². The number of carbonyl (C=O) groups excluding carboxylic acids is 1. The molecule has 1 spiro atoms. The summed E-state index contributed by atoms with van der Waals surface area (Å²) in [5, 5.41) is 16.3. The molecule has 11 rings (SSSR count). The lowest BCUT2D eigenvalue weighted by atomic mass is 9.59. The molecule has 3 N–H and O–H groups in total. The number of pyridine rings is 1. The van der Waals surface area contributed by atoms with E-state index in [2.05, 4.69) is 56.0 Å². The van der Waals surface area contributed by atoms with Crippen molar-refractivity contribution in [2.75, 3.05) is 74.3 Å². The molecule has 5 fully saturated rings. The summed E-state index contributed by atoms with van der Waals surface area (Å²) in [4.78, 5) is 41.2. The fraction of sp³-hybridized carbons (Fsp3) is 0.490. The molecule has 5 aliphatic heterocycles. The van der Waals surface area contributed by atoms with Crippen molar-refractivity contribution >= 4 is 55.4 Å². The van der Waals surface area contributed by atoms with Crippen molar-refractivity contribution in [3.8, 4) is 5.88 Å². The highest BCUT2D eigenvalue weighted by Crippen LogP contribution is 2.54. The normalized spacial score (nSPS) is 23.3. The Bertz CT molecular complexity index is 2820. The number of sulfonamides is 1. The number of hydrogen-bond donors (Lipinski definition) is 3. The number of ether oxygens (including phenoxy) is 3. The van der Waals surface area contributed by atoms with Crippen LogP contribution in [0.4, 0.5) is 28.4 Å². The van der Waals surface area contributed by atoms with Crippen LogP contribution in [0.1, 0.15) is 85.3 Å². The molecule has 7 heterocycles. The minimum atomic E-state index is -4.59. The topological polar surface area (TPSA) is 184 Å². The van der Waals surface area contributed by atoms with Crippen LogP contribution in [-0.2, 0) is 19.5 Å². The molecule has 5 aromatic rings. The molecule has 2 aromatic heterocycles. The number of piperidine rings is 1. The highest BCUT2D eigenvalue weighted by Gasteiger charge is 2.50. The van der Waals surface area contributed by atoms with E-state index in [1.54, 1.807) is 6.07 Å². The standard InChI is InChI=1S/C51H60N8O8S/c1-33-5-2-3-6-40(33)43-7-4-19-57(43)38-28-51(29-38)16-20-56(21-17-51)37-8-10-41(44(26-37)58-31-36-32-66-24-15-47(36)67-50-46(58)25-35-12-18-52-48(35)54-50)49(60)55-68(63,64)39-9-11-42(45(27-39)59(61)62)53-30-34-13-22-65-23-14-34/h2-3,5-6,8-12,18,25-27,34,36,38,43,47,53H,4,7,13-17,19-24,28-32H2,1H3,(H,52,54)(H,55,60)/t36-,43+,47+/m1/s1. The van der Waals surface area contributed by atoms with Gasteiger partial charge in [0.15, 0.2) is 0 Å². The van der Waals surface area contributed by atoms with Gasteiger partial charge in [-0.2, -0.15) is 4.98 Å². The van der Waals surface area contributed by atoms with Gasteiger partial charge in [-0.25, -0.2) is 13.1 Å². The second-order valence-electron chi connectivity index (χ2n) is 19.9. The van der Waals surface area contributed by atoms with Crippen molar-refractivity contribution in [2.45, 2.75) is 87.8 Å². The van der Waals surface area contributed by atoms with Gasteiger partial charge in [-0.15, -0.1) is 0 Å². The van der Waals surface area contributed by atoms with Crippen molar-refractivity contribution in [3.05, 3.63) is 106 Å². The quantitative estimate of drug-likeness (QED) is 0.0851. The monoisotopic (exact) mass is 944 g/mol. The van der Waals surface area contributed by atoms with Crippen molar-refractivity contribution in [1.82, 2.24) is 19.6 Å². The number of hydrogen-bond acceptors (Lipinski definition) is 13. The van der Waals surface area contributed by atoms with E-state index in [9.17, 15) is 23.3 Å². The number of nitro groups is 1. The SMILES string of the molecule is Cc1ccccc1[C@@H]1CCCN1C1CC2(CCN(c3ccc(C(=O)NS(=O)(=O)c4ccc(NCC5CCOCC5)c([N+](=O)[O-])c4)c(N4C[C@@H]5COCC[C@@H]5Oc5nc6[nH]ccc6cc54)c3)CC2)C1. The number of carbonyl (C=O) groups is 1. The van der Waals surface area contributed by atoms with E-state index in [1.807, 2.05) is 35.4 Å². The second kappa shape index (κ2) is 18.3. The lowest BCUT2D eigenvalue weighted by molar-refractivity contribution is -0.384. The smallest absolute Gasteiger partial charge is 0.293 e. The third-order valence-corrected chi connectivity index (χ3v) is 17.2. The second-order valence-corrected chi connectivity index (χ2v) is 21.6.